The Morgan fingerprint density at radius 1 is 1.21 bits per heavy atom. The summed E-state index contributed by atoms with van der Waals surface area (Å²) >= 11 is 3.51. The average Bonchev–Trinajstić information content (AvgIpc) is 2.91. The summed E-state index contributed by atoms with van der Waals surface area (Å²) in [6, 6.07) is 8.85. The van der Waals surface area contributed by atoms with Crippen LogP contribution in [-0.2, 0) is 6.42 Å². The third-order valence-corrected chi connectivity index (χ3v) is 4.79. The summed E-state index contributed by atoms with van der Waals surface area (Å²) in [6.07, 6.45) is 8.46. The molecule has 19 heavy (non-hydrogen) atoms. The molecule has 1 aliphatic rings. The molecular formula is C17H26BrN. The van der Waals surface area contributed by atoms with Gasteiger partial charge in [-0.2, -0.15) is 0 Å². The molecule has 0 aromatic heterocycles. The fourth-order valence-electron chi connectivity index (χ4n) is 3.26. The van der Waals surface area contributed by atoms with Gasteiger partial charge in [-0.25, -0.2) is 0 Å². The molecule has 1 unspecified atom stereocenters. The lowest BCUT2D eigenvalue weighted by molar-refractivity contribution is 0.359. The highest BCUT2D eigenvalue weighted by molar-refractivity contribution is 9.10. The van der Waals surface area contributed by atoms with Crippen LogP contribution in [0, 0.1) is 11.8 Å². The molecule has 106 valence electrons. The van der Waals surface area contributed by atoms with E-state index in [0.717, 1.165) is 18.4 Å². The van der Waals surface area contributed by atoms with Crippen molar-refractivity contribution in [1.82, 2.24) is 5.32 Å². The van der Waals surface area contributed by atoms with Crippen molar-refractivity contribution in [2.45, 2.75) is 45.4 Å². The van der Waals surface area contributed by atoms with Crippen LogP contribution in [0.4, 0.5) is 0 Å². The van der Waals surface area contributed by atoms with Crippen LogP contribution in [0.1, 0.15) is 44.6 Å². The van der Waals surface area contributed by atoms with Gasteiger partial charge in [-0.3, -0.25) is 0 Å². The topological polar surface area (TPSA) is 12.0 Å². The number of hydrogen-bond acceptors (Lipinski definition) is 1. The maximum Gasteiger partial charge on any atom is 0.0175 e. The molecule has 1 nitrogen and oxygen atoms in total. The highest BCUT2D eigenvalue weighted by Crippen LogP contribution is 2.31. The van der Waals surface area contributed by atoms with Crippen LogP contribution in [-0.4, -0.2) is 13.1 Å². The first kappa shape index (κ1) is 15.1. The van der Waals surface area contributed by atoms with Gasteiger partial charge < -0.3 is 5.32 Å². The van der Waals surface area contributed by atoms with Crippen molar-refractivity contribution in [1.29, 1.82) is 0 Å². The normalized spacial score (nSPS) is 17.8. The lowest BCUT2D eigenvalue weighted by Gasteiger charge is -2.21. The zero-order chi connectivity index (χ0) is 13.5. The summed E-state index contributed by atoms with van der Waals surface area (Å²) in [6.45, 7) is 4.46. The fraction of sp³-hybridized carbons (Fsp3) is 0.647. The molecule has 1 aliphatic carbocycles. The summed E-state index contributed by atoms with van der Waals surface area (Å²) in [5.41, 5.74) is 1.48. The fourth-order valence-corrected chi connectivity index (χ4v) is 3.52. The molecule has 1 aromatic carbocycles. The summed E-state index contributed by atoms with van der Waals surface area (Å²) in [7, 11) is 0. The van der Waals surface area contributed by atoms with E-state index in [1.807, 2.05) is 0 Å². The largest absolute Gasteiger partial charge is 0.317 e. The van der Waals surface area contributed by atoms with Crippen molar-refractivity contribution < 1.29 is 0 Å². The first-order valence-corrected chi connectivity index (χ1v) is 8.52. The first-order chi connectivity index (χ1) is 9.28. The van der Waals surface area contributed by atoms with Gasteiger partial charge >= 0.3 is 0 Å². The second-order valence-electron chi connectivity index (χ2n) is 5.89. The van der Waals surface area contributed by atoms with Gasteiger partial charge in [0.1, 0.15) is 0 Å². The van der Waals surface area contributed by atoms with Gasteiger partial charge in [0.15, 0.2) is 0 Å². The maximum absolute atomic E-state index is 3.54. The van der Waals surface area contributed by atoms with E-state index >= 15 is 0 Å². The predicted octanol–water partition coefficient (Wildman–Crippen LogP) is 4.80. The second-order valence-corrected chi connectivity index (χ2v) is 6.81. The number of nitrogens with one attached hydrogen (secondary N) is 1. The van der Waals surface area contributed by atoms with E-state index in [0.29, 0.717) is 0 Å². The van der Waals surface area contributed by atoms with Gasteiger partial charge in [-0.05, 0) is 55.5 Å². The molecule has 0 spiro atoms. The molecule has 0 bridgehead atoms. The molecule has 1 saturated carbocycles. The quantitative estimate of drug-likeness (QED) is 0.760. The molecule has 0 radical (unpaired) electrons. The molecule has 0 aliphatic heterocycles. The lowest BCUT2D eigenvalue weighted by atomic mass is 9.88. The Bertz CT molecular complexity index is 354. The van der Waals surface area contributed by atoms with Crippen LogP contribution >= 0.6 is 15.9 Å². The van der Waals surface area contributed by atoms with E-state index in [4.69, 9.17) is 0 Å². The number of hydrogen-bond donors (Lipinski definition) is 1. The van der Waals surface area contributed by atoms with Gasteiger partial charge in [0.2, 0.25) is 0 Å². The Morgan fingerprint density at radius 3 is 2.53 bits per heavy atom. The highest BCUT2D eigenvalue weighted by Gasteiger charge is 2.20. The third-order valence-electron chi connectivity index (χ3n) is 4.26. The summed E-state index contributed by atoms with van der Waals surface area (Å²) in [5, 5.41) is 3.54. The number of benzene rings is 1. The predicted molar refractivity (Wildman–Crippen MR) is 86.5 cm³/mol. The van der Waals surface area contributed by atoms with Gasteiger partial charge in [0.25, 0.3) is 0 Å². The smallest absolute Gasteiger partial charge is 0.0175 e. The lowest BCUT2D eigenvalue weighted by Crippen LogP contribution is -2.25. The minimum Gasteiger partial charge on any atom is -0.317 e. The molecule has 0 heterocycles. The SMILES string of the molecule is CCNCC(Cc1ccc(Br)cc1)CC1CCCC1. The molecule has 1 N–H and O–H groups in total. The molecule has 0 saturated heterocycles. The Labute approximate surface area is 126 Å². The standard InChI is InChI=1S/C17H26BrN/c1-2-19-13-16(11-14-5-3-4-6-14)12-15-7-9-17(18)10-8-15/h7-10,14,16,19H,2-6,11-13H2,1H3. The molecule has 1 aromatic rings. The van der Waals surface area contributed by atoms with Crippen molar-refractivity contribution in [2.75, 3.05) is 13.1 Å². The van der Waals surface area contributed by atoms with Gasteiger partial charge in [-0.1, -0.05) is 60.7 Å². The number of rotatable bonds is 7. The molecule has 1 atom stereocenters. The maximum atomic E-state index is 3.54. The van der Waals surface area contributed by atoms with E-state index in [-0.39, 0.29) is 0 Å². The minimum atomic E-state index is 0.796. The van der Waals surface area contributed by atoms with Crippen LogP contribution in [0.25, 0.3) is 0 Å². The van der Waals surface area contributed by atoms with Gasteiger partial charge in [0, 0.05) is 4.47 Å². The third kappa shape index (κ3) is 5.27. The highest BCUT2D eigenvalue weighted by atomic mass is 79.9. The van der Waals surface area contributed by atoms with Crippen molar-refractivity contribution in [3.63, 3.8) is 0 Å². The first-order valence-electron chi connectivity index (χ1n) is 7.73. The second kappa shape index (κ2) is 8.06. The average molecular weight is 324 g/mol. The van der Waals surface area contributed by atoms with E-state index in [1.54, 1.807) is 0 Å². The van der Waals surface area contributed by atoms with Crippen LogP contribution < -0.4 is 5.32 Å². The van der Waals surface area contributed by atoms with Crippen LogP contribution in [0.5, 0.6) is 0 Å². The molecule has 0 amide bonds. The molecule has 1 fully saturated rings. The summed E-state index contributed by atoms with van der Waals surface area (Å²) in [4.78, 5) is 0. The zero-order valence-electron chi connectivity index (χ0n) is 12.0. The van der Waals surface area contributed by atoms with E-state index in [9.17, 15) is 0 Å². The molecule has 2 rings (SSSR count). The summed E-state index contributed by atoms with van der Waals surface area (Å²) in [5.74, 6) is 1.78. The van der Waals surface area contributed by atoms with E-state index in [2.05, 4.69) is 52.4 Å². The van der Waals surface area contributed by atoms with Gasteiger partial charge in [0.05, 0.1) is 0 Å². The Morgan fingerprint density at radius 2 is 1.89 bits per heavy atom. The van der Waals surface area contributed by atoms with Crippen LogP contribution in [0.3, 0.4) is 0 Å². The Kier molecular flexibility index (Phi) is 6.39. The van der Waals surface area contributed by atoms with Crippen molar-refractivity contribution in [2.24, 2.45) is 11.8 Å². The van der Waals surface area contributed by atoms with Gasteiger partial charge in [-0.15, -0.1) is 0 Å². The number of halogens is 1. The van der Waals surface area contributed by atoms with E-state index < -0.39 is 0 Å². The minimum absolute atomic E-state index is 0.796. The van der Waals surface area contributed by atoms with Crippen molar-refractivity contribution in [3.05, 3.63) is 34.3 Å². The monoisotopic (exact) mass is 323 g/mol. The van der Waals surface area contributed by atoms with Crippen LogP contribution in [0.15, 0.2) is 28.7 Å². The van der Waals surface area contributed by atoms with Crippen molar-refractivity contribution in [3.8, 4) is 0 Å². The Balaban J connectivity index is 1.89. The molecular weight excluding hydrogens is 298 g/mol. The molecule has 2 heteroatoms. The van der Waals surface area contributed by atoms with Crippen LogP contribution in [0.2, 0.25) is 0 Å². The zero-order valence-corrected chi connectivity index (χ0v) is 13.6. The summed E-state index contributed by atoms with van der Waals surface area (Å²) < 4.78 is 1.18. The van der Waals surface area contributed by atoms with E-state index in [1.165, 1.54) is 55.1 Å². The van der Waals surface area contributed by atoms with Crippen molar-refractivity contribution >= 4 is 15.9 Å². The Hall–Kier alpha value is -0.340.